The first-order valence-electron chi connectivity index (χ1n) is 8.54. The molecule has 0 aliphatic rings. The van der Waals surface area contributed by atoms with Gasteiger partial charge < -0.3 is 5.11 Å². The van der Waals surface area contributed by atoms with Gasteiger partial charge in [0, 0.05) is 17.8 Å². The second-order valence-electron chi connectivity index (χ2n) is 6.38. The van der Waals surface area contributed by atoms with Gasteiger partial charge in [0.2, 0.25) is 9.84 Å². The van der Waals surface area contributed by atoms with Crippen LogP contribution in [0.3, 0.4) is 0 Å². The molecule has 1 heterocycles. The van der Waals surface area contributed by atoms with E-state index in [2.05, 4.69) is 5.10 Å². The number of fused-ring (bicyclic) bond motifs is 3. The molecule has 0 spiro atoms. The van der Waals surface area contributed by atoms with E-state index in [1.54, 1.807) is 49.5 Å². The van der Waals surface area contributed by atoms with Gasteiger partial charge in [-0.25, -0.2) is 8.42 Å². The van der Waals surface area contributed by atoms with E-state index in [9.17, 15) is 18.8 Å². The molecule has 3 aromatic carbocycles. The first-order chi connectivity index (χ1) is 13.9. The maximum absolute atomic E-state index is 12.9. The van der Waals surface area contributed by atoms with Crippen LogP contribution in [0.5, 0.6) is 0 Å². The molecular weight excluding hydrogens is 410 g/mol. The molecule has 0 aliphatic carbocycles. The fourth-order valence-electron chi connectivity index (χ4n) is 3.34. The number of rotatable bonds is 3. The molecule has 0 radical (unpaired) electrons. The van der Waals surface area contributed by atoms with Crippen molar-refractivity contribution in [3.63, 3.8) is 0 Å². The summed E-state index contributed by atoms with van der Waals surface area (Å²) in [6, 6.07) is 18.1. The zero-order chi connectivity index (χ0) is 20.8. The van der Waals surface area contributed by atoms with Crippen LogP contribution in [0.25, 0.3) is 27.4 Å². The number of sulfone groups is 1. The minimum atomic E-state index is -4.22. The lowest BCUT2D eigenvalue weighted by molar-refractivity contribution is 0.505. The van der Waals surface area contributed by atoms with Crippen molar-refractivity contribution >= 4 is 48.9 Å². The van der Waals surface area contributed by atoms with Crippen LogP contribution in [0, 0.1) is 11.3 Å². The maximum atomic E-state index is 12.9. The summed E-state index contributed by atoms with van der Waals surface area (Å²) in [5.41, 5.74) is 0.629. The number of nitrogens with zero attached hydrogens (tertiary/aromatic N) is 3. The van der Waals surface area contributed by atoms with Crippen LogP contribution in [0.1, 0.15) is 5.69 Å². The van der Waals surface area contributed by atoms with E-state index in [1.165, 1.54) is 16.8 Å². The van der Waals surface area contributed by atoms with Crippen LogP contribution in [0.2, 0.25) is 5.02 Å². The second-order valence-corrected chi connectivity index (χ2v) is 8.67. The number of aryl methyl sites for hydroxylation is 1. The highest BCUT2D eigenvalue weighted by atomic mass is 35.5. The van der Waals surface area contributed by atoms with Crippen molar-refractivity contribution in [3.8, 4) is 6.07 Å². The molecule has 1 aromatic heterocycles. The molecule has 4 rings (SSSR count). The van der Waals surface area contributed by atoms with Crippen molar-refractivity contribution in [2.45, 2.75) is 4.90 Å². The van der Waals surface area contributed by atoms with Gasteiger partial charge in [-0.15, -0.1) is 0 Å². The average molecular weight is 424 g/mol. The standard InChI is InChI=1S/C21H14ClN3O3S/c1-25-20-15(11-10-13-6-5-9-16(22)18(13)20)19(24-25)21(26)17(12-23)29(27,28)14-7-3-2-4-8-14/h2-11,26H,1H3/b21-17+. The normalized spacial score (nSPS) is 12.7. The quantitative estimate of drug-likeness (QED) is 0.383. The number of hydrogen-bond acceptors (Lipinski definition) is 5. The zero-order valence-electron chi connectivity index (χ0n) is 15.2. The monoisotopic (exact) mass is 423 g/mol. The number of nitriles is 1. The number of aromatic nitrogens is 2. The maximum Gasteiger partial charge on any atom is 0.220 e. The van der Waals surface area contributed by atoms with Crippen molar-refractivity contribution in [1.29, 1.82) is 5.26 Å². The van der Waals surface area contributed by atoms with Crippen molar-refractivity contribution in [1.82, 2.24) is 9.78 Å². The third kappa shape index (κ3) is 2.94. The SMILES string of the molecule is Cn1nc(/C(O)=C(/C#N)S(=O)(=O)c2ccccc2)c2ccc3cccc(Cl)c3c21. The number of aliphatic hydroxyl groups is 1. The van der Waals surface area contributed by atoms with Crippen LogP contribution in [-0.4, -0.2) is 23.3 Å². The van der Waals surface area contributed by atoms with E-state index < -0.39 is 20.5 Å². The van der Waals surface area contributed by atoms with Gasteiger partial charge in [-0.2, -0.15) is 10.4 Å². The highest BCUT2D eigenvalue weighted by molar-refractivity contribution is 7.95. The Balaban J connectivity index is 2.04. The fourth-order valence-corrected chi connectivity index (χ4v) is 4.83. The Morgan fingerprint density at radius 2 is 1.83 bits per heavy atom. The zero-order valence-corrected chi connectivity index (χ0v) is 16.7. The Bertz CT molecular complexity index is 1450. The van der Waals surface area contributed by atoms with E-state index in [0.29, 0.717) is 15.9 Å². The molecule has 0 aliphatic heterocycles. The summed E-state index contributed by atoms with van der Waals surface area (Å²) in [5.74, 6) is -0.701. The van der Waals surface area contributed by atoms with Gasteiger partial charge in [-0.05, 0) is 29.7 Å². The Morgan fingerprint density at radius 1 is 1.10 bits per heavy atom. The number of halogens is 1. The smallest absolute Gasteiger partial charge is 0.220 e. The first-order valence-corrected chi connectivity index (χ1v) is 10.4. The highest BCUT2D eigenvalue weighted by Crippen LogP contribution is 2.35. The van der Waals surface area contributed by atoms with Gasteiger partial charge in [0.05, 0.1) is 15.4 Å². The number of hydrogen-bond donors (Lipinski definition) is 1. The Hall–Kier alpha value is -3.34. The van der Waals surface area contributed by atoms with Crippen LogP contribution in [0.15, 0.2) is 70.5 Å². The van der Waals surface area contributed by atoms with Crippen LogP contribution in [0.4, 0.5) is 0 Å². The lowest BCUT2D eigenvalue weighted by atomic mass is 10.1. The third-order valence-electron chi connectivity index (χ3n) is 4.66. The molecule has 0 atom stereocenters. The van der Waals surface area contributed by atoms with E-state index in [1.807, 2.05) is 12.1 Å². The van der Waals surface area contributed by atoms with Gasteiger partial charge in [-0.1, -0.05) is 48.0 Å². The third-order valence-corrected chi connectivity index (χ3v) is 6.69. The summed E-state index contributed by atoms with van der Waals surface area (Å²) in [5, 5.41) is 27.2. The van der Waals surface area contributed by atoms with Crippen LogP contribution >= 0.6 is 11.6 Å². The van der Waals surface area contributed by atoms with Gasteiger partial charge in [0.1, 0.15) is 11.8 Å². The molecular formula is C21H14ClN3O3S. The molecule has 1 N–H and O–H groups in total. The van der Waals surface area contributed by atoms with Gasteiger partial charge in [0.15, 0.2) is 10.7 Å². The Labute approximate surface area is 171 Å². The summed E-state index contributed by atoms with van der Waals surface area (Å²) in [6.07, 6.45) is 0. The minimum Gasteiger partial charge on any atom is -0.504 e. The molecule has 0 saturated carbocycles. The molecule has 0 unspecified atom stereocenters. The van der Waals surface area contributed by atoms with E-state index in [-0.39, 0.29) is 10.6 Å². The first kappa shape index (κ1) is 19.0. The predicted molar refractivity (Wildman–Crippen MR) is 112 cm³/mol. The Morgan fingerprint density at radius 3 is 2.52 bits per heavy atom. The van der Waals surface area contributed by atoms with Crippen molar-refractivity contribution in [2.24, 2.45) is 7.05 Å². The highest BCUT2D eigenvalue weighted by Gasteiger charge is 2.28. The van der Waals surface area contributed by atoms with Crippen molar-refractivity contribution < 1.29 is 13.5 Å². The van der Waals surface area contributed by atoms with Gasteiger partial charge in [-0.3, -0.25) is 4.68 Å². The lowest BCUT2D eigenvalue weighted by Gasteiger charge is -2.06. The molecule has 6 nitrogen and oxygen atoms in total. The van der Waals surface area contributed by atoms with Gasteiger partial charge >= 0.3 is 0 Å². The average Bonchev–Trinajstić information content (AvgIpc) is 3.06. The lowest BCUT2D eigenvalue weighted by Crippen LogP contribution is -2.07. The predicted octanol–water partition coefficient (Wildman–Crippen LogP) is 4.60. The van der Waals surface area contributed by atoms with Crippen LogP contribution in [-0.2, 0) is 16.9 Å². The number of aliphatic hydroxyl groups excluding tert-OH is 1. The molecule has 0 saturated heterocycles. The van der Waals surface area contributed by atoms with Crippen molar-refractivity contribution in [3.05, 3.63) is 76.3 Å². The summed E-state index contributed by atoms with van der Waals surface area (Å²) in [7, 11) is -2.55. The molecule has 144 valence electrons. The topological polar surface area (TPSA) is 96.0 Å². The van der Waals surface area contributed by atoms with E-state index in [4.69, 9.17) is 11.6 Å². The second kappa shape index (κ2) is 6.92. The molecule has 29 heavy (non-hydrogen) atoms. The number of allylic oxidation sites excluding steroid dienone is 1. The molecule has 0 bridgehead atoms. The summed E-state index contributed by atoms with van der Waals surface area (Å²) in [4.78, 5) is -0.847. The largest absolute Gasteiger partial charge is 0.504 e. The van der Waals surface area contributed by atoms with E-state index >= 15 is 0 Å². The molecule has 0 fully saturated rings. The molecule has 8 heteroatoms. The molecule has 4 aromatic rings. The Kier molecular flexibility index (Phi) is 4.53. The fraction of sp³-hybridized carbons (Fsp3) is 0.0476. The number of benzene rings is 3. The summed E-state index contributed by atoms with van der Waals surface area (Å²) in [6.45, 7) is 0. The summed E-state index contributed by atoms with van der Waals surface area (Å²) < 4.78 is 27.3. The summed E-state index contributed by atoms with van der Waals surface area (Å²) >= 11 is 6.38. The van der Waals surface area contributed by atoms with E-state index in [0.717, 1.165) is 10.8 Å². The van der Waals surface area contributed by atoms with Crippen molar-refractivity contribution in [2.75, 3.05) is 0 Å². The minimum absolute atomic E-state index is 0.000348. The molecule has 0 amide bonds. The van der Waals surface area contributed by atoms with Crippen LogP contribution < -0.4 is 0 Å². The van der Waals surface area contributed by atoms with Gasteiger partial charge in [0.25, 0.3) is 0 Å².